The Morgan fingerprint density at radius 3 is 2.39 bits per heavy atom. The number of piperidine rings is 2. The first-order chi connectivity index (χ1) is 15.0. The van der Waals surface area contributed by atoms with Crippen molar-refractivity contribution in [2.24, 2.45) is 11.8 Å². The van der Waals surface area contributed by atoms with Gasteiger partial charge in [0.05, 0.1) is 5.92 Å². The summed E-state index contributed by atoms with van der Waals surface area (Å²) in [5.41, 5.74) is 1.45. The topological polar surface area (TPSA) is 57.7 Å². The zero-order chi connectivity index (χ0) is 21.8. The van der Waals surface area contributed by atoms with Crippen molar-refractivity contribution in [1.29, 1.82) is 0 Å². The van der Waals surface area contributed by atoms with Crippen LogP contribution in [0.4, 0.5) is 4.39 Å². The number of halogens is 1. The van der Waals surface area contributed by atoms with Gasteiger partial charge in [-0.1, -0.05) is 42.5 Å². The number of amides is 2. The first-order valence-corrected chi connectivity index (χ1v) is 10.9. The number of likely N-dealkylation sites (tertiary alicyclic amines) is 2. The lowest BCUT2D eigenvalue weighted by atomic mass is 9.87. The van der Waals surface area contributed by atoms with Crippen LogP contribution in [0.15, 0.2) is 54.6 Å². The zero-order valence-corrected chi connectivity index (χ0v) is 17.5. The highest BCUT2D eigenvalue weighted by atomic mass is 19.1. The Balaban J connectivity index is 1.33. The van der Waals surface area contributed by atoms with Crippen molar-refractivity contribution < 1.29 is 18.8 Å². The fourth-order valence-corrected chi connectivity index (χ4v) is 4.58. The minimum absolute atomic E-state index is 0.000442. The SMILES string of the molecule is O=C(c1ccccc1)C1CCN(C(=O)[C@@H]2CCC(=O)N(Cc3cccc(F)c3)C2)CC1. The van der Waals surface area contributed by atoms with Gasteiger partial charge in [0, 0.05) is 44.1 Å². The predicted octanol–water partition coefficient (Wildman–Crippen LogP) is 3.69. The number of hydrogen-bond acceptors (Lipinski definition) is 3. The maximum atomic E-state index is 13.5. The highest BCUT2D eigenvalue weighted by Crippen LogP contribution is 2.26. The Kier molecular flexibility index (Phi) is 6.44. The monoisotopic (exact) mass is 422 g/mol. The summed E-state index contributed by atoms with van der Waals surface area (Å²) in [6, 6.07) is 15.5. The van der Waals surface area contributed by atoms with Gasteiger partial charge in [-0.15, -0.1) is 0 Å². The summed E-state index contributed by atoms with van der Waals surface area (Å²) in [4.78, 5) is 41.6. The van der Waals surface area contributed by atoms with Crippen LogP contribution in [0.1, 0.15) is 41.6 Å². The van der Waals surface area contributed by atoms with Crippen molar-refractivity contribution in [3.05, 3.63) is 71.5 Å². The highest BCUT2D eigenvalue weighted by Gasteiger charge is 2.35. The largest absolute Gasteiger partial charge is 0.342 e. The van der Waals surface area contributed by atoms with Gasteiger partial charge in [0.2, 0.25) is 11.8 Å². The molecule has 0 N–H and O–H groups in total. The second-order valence-corrected chi connectivity index (χ2v) is 8.47. The van der Waals surface area contributed by atoms with Crippen LogP contribution in [0.25, 0.3) is 0 Å². The molecule has 0 aromatic heterocycles. The third-order valence-corrected chi connectivity index (χ3v) is 6.35. The van der Waals surface area contributed by atoms with Crippen molar-refractivity contribution in [2.45, 2.75) is 32.2 Å². The molecule has 0 saturated carbocycles. The van der Waals surface area contributed by atoms with E-state index >= 15 is 0 Å². The Hall–Kier alpha value is -3.02. The lowest BCUT2D eigenvalue weighted by molar-refractivity contribution is -0.144. The quantitative estimate of drug-likeness (QED) is 0.691. The van der Waals surface area contributed by atoms with Crippen LogP contribution < -0.4 is 0 Å². The van der Waals surface area contributed by atoms with Gasteiger partial charge >= 0.3 is 0 Å². The van der Waals surface area contributed by atoms with Crippen molar-refractivity contribution in [3.63, 3.8) is 0 Å². The van der Waals surface area contributed by atoms with Crippen LogP contribution in [-0.4, -0.2) is 47.0 Å². The van der Waals surface area contributed by atoms with Gasteiger partial charge < -0.3 is 9.80 Å². The molecule has 5 nitrogen and oxygen atoms in total. The van der Waals surface area contributed by atoms with Gasteiger partial charge in [-0.25, -0.2) is 4.39 Å². The number of ketones is 1. The van der Waals surface area contributed by atoms with Gasteiger partial charge in [-0.2, -0.15) is 0 Å². The number of nitrogens with zero attached hydrogens (tertiary/aromatic N) is 2. The van der Waals surface area contributed by atoms with E-state index in [1.165, 1.54) is 12.1 Å². The summed E-state index contributed by atoms with van der Waals surface area (Å²) in [6.07, 6.45) is 2.20. The summed E-state index contributed by atoms with van der Waals surface area (Å²) in [5, 5.41) is 0. The second-order valence-electron chi connectivity index (χ2n) is 8.47. The van der Waals surface area contributed by atoms with E-state index in [1.54, 1.807) is 17.0 Å². The molecule has 2 amide bonds. The van der Waals surface area contributed by atoms with Gasteiger partial charge in [0.25, 0.3) is 0 Å². The molecular weight excluding hydrogens is 395 g/mol. The lowest BCUT2D eigenvalue weighted by Gasteiger charge is -2.37. The fraction of sp³-hybridized carbons (Fsp3) is 0.400. The number of Topliss-reactive ketones (excluding diaryl/α,β-unsaturated/α-hetero) is 1. The van der Waals surface area contributed by atoms with Crippen molar-refractivity contribution in [3.8, 4) is 0 Å². The van der Waals surface area contributed by atoms with Crippen LogP contribution in [0.2, 0.25) is 0 Å². The van der Waals surface area contributed by atoms with Gasteiger partial charge in [0.15, 0.2) is 5.78 Å². The molecule has 2 heterocycles. The van der Waals surface area contributed by atoms with Crippen molar-refractivity contribution in [2.75, 3.05) is 19.6 Å². The molecule has 2 aliphatic heterocycles. The van der Waals surface area contributed by atoms with E-state index < -0.39 is 0 Å². The molecule has 0 bridgehead atoms. The normalized spacial score (nSPS) is 20.0. The smallest absolute Gasteiger partial charge is 0.227 e. The average Bonchev–Trinajstić information content (AvgIpc) is 2.80. The summed E-state index contributed by atoms with van der Waals surface area (Å²) < 4.78 is 13.5. The van der Waals surface area contributed by atoms with E-state index in [0.29, 0.717) is 51.9 Å². The number of benzene rings is 2. The molecule has 1 atom stereocenters. The van der Waals surface area contributed by atoms with Crippen LogP contribution in [-0.2, 0) is 16.1 Å². The second kappa shape index (κ2) is 9.41. The molecule has 0 spiro atoms. The van der Waals surface area contributed by atoms with Crippen LogP contribution in [0, 0.1) is 17.7 Å². The molecule has 2 aromatic carbocycles. The summed E-state index contributed by atoms with van der Waals surface area (Å²) in [7, 11) is 0. The van der Waals surface area contributed by atoms with E-state index in [9.17, 15) is 18.8 Å². The molecule has 2 aliphatic rings. The first kappa shape index (κ1) is 21.2. The molecule has 162 valence electrons. The zero-order valence-electron chi connectivity index (χ0n) is 17.5. The van der Waals surface area contributed by atoms with E-state index in [-0.39, 0.29) is 35.3 Å². The maximum absolute atomic E-state index is 13.5. The minimum atomic E-state index is -0.331. The maximum Gasteiger partial charge on any atom is 0.227 e. The Labute approximate surface area is 181 Å². The van der Waals surface area contributed by atoms with Gasteiger partial charge in [0.1, 0.15) is 5.82 Å². The van der Waals surface area contributed by atoms with E-state index in [0.717, 1.165) is 11.1 Å². The number of carbonyl (C=O) groups excluding carboxylic acids is 3. The highest BCUT2D eigenvalue weighted by molar-refractivity contribution is 5.98. The number of hydrogen-bond donors (Lipinski definition) is 0. The molecule has 31 heavy (non-hydrogen) atoms. The van der Waals surface area contributed by atoms with Gasteiger partial charge in [-0.05, 0) is 37.0 Å². The Bertz CT molecular complexity index is 954. The standard InChI is InChI=1S/C25H27FN2O3/c26-22-8-4-5-18(15-22)16-28-17-21(9-10-23(28)29)25(31)27-13-11-20(12-14-27)24(30)19-6-2-1-3-7-19/h1-8,15,20-21H,9-14,16-17H2/t21-/m1/s1. The summed E-state index contributed by atoms with van der Waals surface area (Å²) in [6.45, 7) is 1.80. The van der Waals surface area contributed by atoms with E-state index in [1.807, 2.05) is 35.2 Å². The van der Waals surface area contributed by atoms with Crippen molar-refractivity contribution >= 4 is 17.6 Å². The fourth-order valence-electron chi connectivity index (χ4n) is 4.58. The molecule has 2 saturated heterocycles. The summed E-state index contributed by atoms with van der Waals surface area (Å²) >= 11 is 0. The third kappa shape index (κ3) is 5.01. The molecule has 4 rings (SSSR count). The average molecular weight is 423 g/mol. The molecule has 0 radical (unpaired) electrons. The number of carbonyl (C=O) groups is 3. The van der Waals surface area contributed by atoms with Gasteiger partial charge in [-0.3, -0.25) is 14.4 Å². The van der Waals surface area contributed by atoms with E-state index in [2.05, 4.69) is 0 Å². The van der Waals surface area contributed by atoms with E-state index in [4.69, 9.17) is 0 Å². The van der Waals surface area contributed by atoms with Crippen molar-refractivity contribution in [1.82, 2.24) is 9.80 Å². The molecule has 2 aromatic rings. The van der Waals surface area contributed by atoms with Crippen LogP contribution >= 0.6 is 0 Å². The van der Waals surface area contributed by atoms with Crippen LogP contribution in [0.3, 0.4) is 0 Å². The van der Waals surface area contributed by atoms with Crippen LogP contribution in [0.5, 0.6) is 0 Å². The Morgan fingerprint density at radius 1 is 0.935 bits per heavy atom. The molecule has 0 aliphatic carbocycles. The number of rotatable bonds is 5. The third-order valence-electron chi connectivity index (χ3n) is 6.35. The molecular formula is C25H27FN2O3. The lowest BCUT2D eigenvalue weighted by Crippen LogP contribution is -2.49. The predicted molar refractivity (Wildman–Crippen MR) is 115 cm³/mol. The molecule has 6 heteroatoms. The molecule has 0 unspecified atom stereocenters. The minimum Gasteiger partial charge on any atom is -0.342 e. The summed E-state index contributed by atoms with van der Waals surface area (Å²) in [5.74, 6) is -0.418. The molecule has 2 fully saturated rings. The Morgan fingerprint density at radius 2 is 1.68 bits per heavy atom. The first-order valence-electron chi connectivity index (χ1n) is 10.9.